The van der Waals surface area contributed by atoms with Gasteiger partial charge in [-0.3, -0.25) is 0 Å². The van der Waals surface area contributed by atoms with Gasteiger partial charge in [0.2, 0.25) is 0 Å². The quantitative estimate of drug-likeness (QED) is 0.839. The third-order valence-corrected chi connectivity index (χ3v) is 2.92. The van der Waals surface area contributed by atoms with Crippen LogP contribution in [0.5, 0.6) is 23.0 Å². The number of hydrogen-bond donors (Lipinski definition) is 1. The van der Waals surface area contributed by atoms with Crippen LogP contribution in [0.2, 0.25) is 0 Å². The molecule has 20 heavy (non-hydrogen) atoms. The zero-order chi connectivity index (χ0) is 14.4. The predicted octanol–water partition coefficient (Wildman–Crippen LogP) is 4.54. The van der Waals surface area contributed by atoms with Gasteiger partial charge in [0.25, 0.3) is 0 Å². The highest BCUT2D eigenvalue weighted by molar-refractivity contribution is 5.42. The van der Waals surface area contributed by atoms with E-state index in [9.17, 15) is 5.11 Å². The molecular weight excluding hydrogens is 252 g/mol. The van der Waals surface area contributed by atoms with Crippen LogP contribution in [-0.4, -0.2) is 11.7 Å². The molecule has 1 N–H and O–H groups in total. The molecule has 2 rings (SSSR count). The van der Waals surface area contributed by atoms with Crippen LogP contribution < -0.4 is 9.47 Å². The lowest BCUT2D eigenvalue weighted by Crippen LogP contribution is -1.92. The van der Waals surface area contributed by atoms with Gasteiger partial charge in [-0.1, -0.05) is 19.4 Å². The van der Waals surface area contributed by atoms with E-state index >= 15 is 0 Å². The lowest BCUT2D eigenvalue weighted by molar-refractivity contribution is 0.338. The number of ether oxygens (including phenoxy) is 2. The van der Waals surface area contributed by atoms with Gasteiger partial charge in [0.1, 0.15) is 23.0 Å². The molecule has 0 amide bonds. The van der Waals surface area contributed by atoms with Crippen LogP contribution in [0.3, 0.4) is 0 Å². The number of hydrogen-bond acceptors (Lipinski definition) is 3. The summed E-state index contributed by atoms with van der Waals surface area (Å²) in [5.74, 6) is 2.56. The third kappa shape index (κ3) is 3.67. The first-order valence-electron chi connectivity index (χ1n) is 6.95. The predicted molar refractivity (Wildman–Crippen MR) is 79.8 cm³/mol. The van der Waals surface area contributed by atoms with E-state index in [4.69, 9.17) is 9.47 Å². The molecule has 3 nitrogen and oxygen atoms in total. The van der Waals surface area contributed by atoms with Crippen LogP contribution in [-0.2, 0) is 6.42 Å². The van der Waals surface area contributed by atoms with Gasteiger partial charge in [-0.2, -0.15) is 0 Å². The normalized spacial score (nSPS) is 10.3. The van der Waals surface area contributed by atoms with Gasteiger partial charge in [0.05, 0.1) is 6.61 Å². The Morgan fingerprint density at radius 1 is 0.950 bits per heavy atom. The monoisotopic (exact) mass is 272 g/mol. The highest BCUT2D eigenvalue weighted by Gasteiger charge is 2.04. The van der Waals surface area contributed by atoms with Gasteiger partial charge in [0.15, 0.2) is 0 Å². The molecule has 0 aromatic heterocycles. The number of phenolic OH excluding ortho intramolecular Hbond substituents is 1. The molecule has 106 valence electrons. The Bertz CT molecular complexity index is 564. The van der Waals surface area contributed by atoms with Crippen LogP contribution >= 0.6 is 0 Å². The van der Waals surface area contributed by atoms with Crippen LogP contribution in [0.4, 0.5) is 0 Å². The van der Waals surface area contributed by atoms with Crippen molar-refractivity contribution in [2.24, 2.45) is 0 Å². The Labute approximate surface area is 119 Å². The highest BCUT2D eigenvalue weighted by Crippen LogP contribution is 2.29. The van der Waals surface area contributed by atoms with E-state index in [1.54, 1.807) is 12.1 Å². The smallest absolute Gasteiger partial charge is 0.131 e. The van der Waals surface area contributed by atoms with Crippen LogP contribution in [0, 0.1) is 0 Å². The molecule has 0 heterocycles. The van der Waals surface area contributed by atoms with Crippen molar-refractivity contribution in [2.75, 3.05) is 6.61 Å². The van der Waals surface area contributed by atoms with Gasteiger partial charge in [-0.25, -0.2) is 0 Å². The van der Waals surface area contributed by atoms with Crippen LogP contribution in [0.15, 0.2) is 42.5 Å². The molecular formula is C17H20O3. The van der Waals surface area contributed by atoms with Crippen molar-refractivity contribution in [1.29, 1.82) is 0 Å². The molecule has 0 aliphatic carbocycles. The lowest BCUT2D eigenvalue weighted by atomic mass is 10.1. The Hall–Kier alpha value is -2.16. The fourth-order valence-corrected chi connectivity index (χ4v) is 2.03. The SMILES string of the molecule is CCCc1cc(Oc2cccc(OCC)c2)ccc1O. The fraction of sp³-hybridized carbons (Fsp3) is 0.294. The van der Waals surface area contributed by atoms with E-state index in [1.807, 2.05) is 37.3 Å². The summed E-state index contributed by atoms with van der Waals surface area (Å²) in [4.78, 5) is 0. The number of rotatable bonds is 6. The molecule has 2 aromatic rings. The molecule has 0 aliphatic heterocycles. The maximum absolute atomic E-state index is 9.77. The van der Waals surface area contributed by atoms with Gasteiger partial charge in [-0.15, -0.1) is 0 Å². The van der Waals surface area contributed by atoms with E-state index in [1.165, 1.54) is 0 Å². The largest absolute Gasteiger partial charge is 0.508 e. The van der Waals surface area contributed by atoms with Crippen molar-refractivity contribution < 1.29 is 14.6 Å². The molecule has 0 bridgehead atoms. The lowest BCUT2D eigenvalue weighted by Gasteiger charge is -2.10. The topological polar surface area (TPSA) is 38.7 Å². The Balaban J connectivity index is 2.17. The molecule has 2 aromatic carbocycles. The minimum Gasteiger partial charge on any atom is -0.508 e. The van der Waals surface area contributed by atoms with Crippen molar-refractivity contribution in [2.45, 2.75) is 26.7 Å². The summed E-state index contributed by atoms with van der Waals surface area (Å²) in [5, 5.41) is 9.77. The first kappa shape index (κ1) is 14.3. The average Bonchev–Trinajstić information content (AvgIpc) is 2.44. The number of aryl methyl sites for hydroxylation is 1. The molecule has 0 saturated carbocycles. The van der Waals surface area contributed by atoms with Crippen LogP contribution in [0.1, 0.15) is 25.8 Å². The first-order chi connectivity index (χ1) is 9.72. The zero-order valence-electron chi connectivity index (χ0n) is 11.9. The van der Waals surface area contributed by atoms with Crippen molar-refractivity contribution in [1.82, 2.24) is 0 Å². The molecule has 3 heteroatoms. The van der Waals surface area contributed by atoms with Gasteiger partial charge in [-0.05, 0) is 49.2 Å². The van der Waals surface area contributed by atoms with Crippen molar-refractivity contribution in [3.63, 3.8) is 0 Å². The van der Waals surface area contributed by atoms with Gasteiger partial charge < -0.3 is 14.6 Å². The van der Waals surface area contributed by atoms with E-state index in [0.717, 1.165) is 35.7 Å². The van der Waals surface area contributed by atoms with Crippen molar-refractivity contribution in [3.05, 3.63) is 48.0 Å². The van der Waals surface area contributed by atoms with E-state index < -0.39 is 0 Å². The van der Waals surface area contributed by atoms with E-state index in [0.29, 0.717) is 12.4 Å². The minimum atomic E-state index is 0.322. The fourth-order valence-electron chi connectivity index (χ4n) is 2.03. The van der Waals surface area contributed by atoms with Crippen molar-refractivity contribution >= 4 is 0 Å². The zero-order valence-corrected chi connectivity index (χ0v) is 11.9. The number of phenols is 1. The summed E-state index contributed by atoms with van der Waals surface area (Å²) in [6.07, 6.45) is 1.82. The second kappa shape index (κ2) is 6.85. The molecule has 0 unspecified atom stereocenters. The Kier molecular flexibility index (Phi) is 4.88. The number of aromatic hydroxyl groups is 1. The van der Waals surface area contributed by atoms with Crippen molar-refractivity contribution in [3.8, 4) is 23.0 Å². The summed E-state index contributed by atoms with van der Waals surface area (Å²) >= 11 is 0. The third-order valence-electron chi connectivity index (χ3n) is 2.92. The summed E-state index contributed by atoms with van der Waals surface area (Å²) in [6, 6.07) is 12.9. The second-order valence-electron chi connectivity index (χ2n) is 4.55. The van der Waals surface area contributed by atoms with Crippen LogP contribution in [0.25, 0.3) is 0 Å². The second-order valence-corrected chi connectivity index (χ2v) is 4.55. The summed E-state index contributed by atoms with van der Waals surface area (Å²) in [5.41, 5.74) is 0.908. The molecule has 0 fully saturated rings. The summed E-state index contributed by atoms with van der Waals surface area (Å²) in [7, 11) is 0. The van der Waals surface area contributed by atoms with E-state index in [-0.39, 0.29) is 0 Å². The molecule has 0 atom stereocenters. The van der Waals surface area contributed by atoms with Gasteiger partial charge in [0, 0.05) is 6.07 Å². The minimum absolute atomic E-state index is 0.322. The van der Waals surface area contributed by atoms with Gasteiger partial charge >= 0.3 is 0 Å². The number of benzene rings is 2. The molecule has 0 radical (unpaired) electrons. The Morgan fingerprint density at radius 2 is 1.70 bits per heavy atom. The Morgan fingerprint density at radius 3 is 2.45 bits per heavy atom. The molecule has 0 spiro atoms. The first-order valence-corrected chi connectivity index (χ1v) is 6.95. The maximum atomic E-state index is 9.77. The summed E-state index contributed by atoms with van der Waals surface area (Å²) < 4.78 is 11.3. The van der Waals surface area contributed by atoms with E-state index in [2.05, 4.69) is 6.92 Å². The summed E-state index contributed by atoms with van der Waals surface area (Å²) in [6.45, 7) is 4.66. The maximum Gasteiger partial charge on any atom is 0.131 e. The average molecular weight is 272 g/mol. The molecule has 0 saturated heterocycles. The molecule has 0 aliphatic rings. The standard InChI is InChI=1S/C17H20O3/c1-3-6-13-11-16(9-10-17(13)18)20-15-8-5-7-14(12-15)19-4-2/h5,7-12,18H,3-4,6H2,1-2H3. The highest BCUT2D eigenvalue weighted by atomic mass is 16.5.